The molecular formula is C18H21NO3S. The highest BCUT2D eigenvalue weighted by Crippen LogP contribution is 2.18. The molecule has 0 radical (unpaired) electrons. The second kappa shape index (κ2) is 9.10. The van der Waals surface area contributed by atoms with Crippen LogP contribution in [0.15, 0.2) is 59.5 Å². The Bertz CT molecular complexity index is 601. The van der Waals surface area contributed by atoms with Gasteiger partial charge in [0.2, 0.25) is 5.91 Å². The Morgan fingerprint density at radius 3 is 2.39 bits per heavy atom. The van der Waals surface area contributed by atoms with E-state index in [-0.39, 0.29) is 11.9 Å². The van der Waals surface area contributed by atoms with E-state index in [2.05, 4.69) is 5.32 Å². The predicted octanol–water partition coefficient (Wildman–Crippen LogP) is 3.37. The van der Waals surface area contributed by atoms with Gasteiger partial charge >= 0.3 is 0 Å². The third-order valence-electron chi connectivity index (χ3n) is 3.08. The molecule has 0 aliphatic heterocycles. The van der Waals surface area contributed by atoms with E-state index in [0.717, 1.165) is 16.4 Å². The number of carbonyl (C=O) groups is 1. The second-order valence-corrected chi connectivity index (χ2v) is 6.11. The van der Waals surface area contributed by atoms with Crippen LogP contribution in [0.1, 0.15) is 6.92 Å². The van der Waals surface area contributed by atoms with Gasteiger partial charge in [0.1, 0.15) is 18.1 Å². The van der Waals surface area contributed by atoms with Crippen molar-refractivity contribution in [3.05, 3.63) is 54.6 Å². The van der Waals surface area contributed by atoms with Crippen molar-refractivity contribution < 1.29 is 14.3 Å². The number of methoxy groups -OCH3 is 1. The summed E-state index contributed by atoms with van der Waals surface area (Å²) in [7, 11) is 1.63. The summed E-state index contributed by atoms with van der Waals surface area (Å²) < 4.78 is 10.7. The highest BCUT2D eigenvalue weighted by molar-refractivity contribution is 8.00. The lowest BCUT2D eigenvalue weighted by molar-refractivity contribution is -0.119. The molecule has 2 aromatic rings. The smallest absolute Gasteiger partial charge is 0.230 e. The molecule has 0 heterocycles. The topological polar surface area (TPSA) is 47.6 Å². The van der Waals surface area contributed by atoms with Crippen molar-refractivity contribution in [2.24, 2.45) is 0 Å². The van der Waals surface area contributed by atoms with Crippen LogP contribution in [0.2, 0.25) is 0 Å². The maximum Gasteiger partial charge on any atom is 0.230 e. The minimum absolute atomic E-state index is 0.00434. The van der Waals surface area contributed by atoms with Crippen LogP contribution < -0.4 is 14.8 Å². The summed E-state index contributed by atoms with van der Waals surface area (Å²) in [6.07, 6.45) is 0. The number of rotatable bonds is 8. The van der Waals surface area contributed by atoms with E-state index in [4.69, 9.17) is 9.47 Å². The third kappa shape index (κ3) is 6.24. The Hall–Kier alpha value is -2.14. The molecule has 0 bridgehead atoms. The molecule has 4 nitrogen and oxygen atoms in total. The maximum atomic E-state index is 11.9. The Morgan fingerprint density at radius 1 is 1.09 bits per heavy atom. The lowest BCUT2D eigenvalue weighted by Gasteiger charge is -2.15. The standard InChI is InChI=1S/C18H21NO3S/c1-14(12-22-16-10-8-15(21-2)9-11-16)19-18(20)13-23-17-6-4-3-5-7-17/h3-11,14H,12-13H2,1-2H3,(H,19,20)/t14-/m0/s1. The summed E-state index contributed by atoms with van der Waals surface area (Å²) in [4.78, 5) is 13.0. The van der Waals surface area contributed by atoms with Crippen molar-refractivity contribution in [1.29, 1.82) is 0 Å². The van der Waals surface area contributed by atoms with Gasteiger partial charge in [-0.05, 0) is 43.3 Å². The molecule has 0 fully saturated rings. The number of ether oxygens (including phenoxy) is 2. The number of carbonyl (C=O) groups excluding carboxylic acids is 1. The van der Waals surface area contributed by atoms with Gasteiger partial charge in [-0.25, -0.2) is 0 Å². The number of amides is 1. The molecule has 0 unspecified atom stereocenters. The van der Waals surface area contributed by atoms with Crippen molar-refractivity contribution in [3.8, 4) is 11.5 Å². The van der Waals surface area contributed by atoms with Crippen molar-refractivity contribution in [3.63, 3.8) is 0 Å². The molecule has 23 heavy (non-hydrogen) atoms. The lowest BCUT2D eigenvalue weighted by Crippen LogP contribution is -2.37. The zero-order chi connectivity index (χ0) is 16.5. The van der Waals surface area contributed by atoms with Crippen LogP contribution in [-0.2, 0) is 4.79 Å². The maximum absolute atomic E-state index is 11.9. The van der Waals surface area contributed by atoms with E-state index in [9.17, 15) is 4.79 Å². The van der Waals surface area contributed by atoms with Crippen molar-refractivity contribution >= 4 is 17.7 Å². The van der Waals surface area contributed by atoms with Gasteiger partial charge in [-0.1, -0.05) is 18.2 Å². The van der Waals surface area contributed by atoms with Crippen molar-refractivity contribution in [2.45, 2.75) is 17.9 Å². The number of hydrogen-bond donors (Lipinski definition) is 1. The SMILES string of the molecule is COc1ccc(OC[C@H](C)NC(=O)CSc2ccccc2)cc1. The first-order valence-corrected chi connectivity index (χ1v) is 8.40. The van der Waals surface area contributed by atoms with Gasteiger partial charge < -0.3 is 14.8 Å². The quantitative estimate of drug-likeness (QED) is 0.754. The molecule has 0 aliphatic rings. The molecule has 122 valence electrons. The summed E-state index contributed by atoms with van der Waals surface area (Å²) in [5.41, 5.74) is 0. The van der Waals surface area contributed by atoms with Gasteiger partial charge in [-0.15, -0.1) is 11.8 Å². The van der Waals surface area contributed by atoms with Gasteiger partial charge in [0.15, 0.2) is 0 Å². The van der Waals surface area contributed by atoms with Gasteiger partial charge in [-0.2, -0.15) is 0 Å². The van der Waals surface area contributed by atoms with Gasteiger partial charge in [-0.3, -0.25) is 4.79 Å². The van der Waals surface area contributed by atoms with Crippen LogP contribution in [0.5, 0.6) is 11.5 Å². The monoisotopic (exact) mass is 331 g/mol. The first-order valence-electron chi connectivity index (χ1n) is 7.41. The van der Waals surface area contributed by atoms with Crippen LogP contribution in [0, 0.1) is 0 Å². The van der Waals surface area contributed by atoms with Crippen LogP contribution in [-0.4, -0.2) is 31.4 Å². The van der Waals surface area contributed by atoms with E-state index >= 15 is 0 Å². The van der Waals surface area contributed by atoms with Crippen LogP contribution in [0.4, 0.5) is 0 Å². The van der Waals surface area contributed by atoms with Crippen LogP contribution in [0.25, 0.3) is 0 Å². The number of thioether (sulfide) groups is 1. The predicted molar refractivity (Wildman–Crippen MR) is 93.3 cm³/mol. The van der Waals surface area contributed by atoms with Crippen molar-refractivity contribution in [2.75, 3.05) is 19.5 Å². The molecule has 2 rings (SSSR count). The van der Waals surface area contributed by atoms with Gasteiger partial charge in [0.25, 0.3) is 0 Å². The zero-order valence-corrected chi connectivity index (χ0v) is 14.1. The molecule has 1 amide bonds. The van der Waals surface area contributed by atoms with Gasteiger partial charge in [0, 0.05) is 4.90 Å². The first kappa shape index (κ1) is 17.2. The van der Waals surface area contributed by atoms with E-state index in [0.29, 0.717) is 12.4 Å². The largest absolute Gasteiger partial charge is 0.497 e. The average Bonchev–Trinajstić information content (AvgIpc) is 2.59. The second-order valence-electron chi connectivity index (χ2n) is 5.06. The summed E-state index contributed by atoms with van der Waals surface area (Å²) in [5, 5.41) is 2.93. The molecule has 5 heteroatoms. The summed E-state index contributed by atoms with van der Waals surface area (Å²) in [6.45, 7) is 2.35. The van der Waals surface area contributed by atoms with E-state index in [1.165, 1.54) is 11.8 Å². The Kier molecular flexibility index (Phi) is 6.81. The molecular weight excluding hydrogens is 310 g/mol. The summed E-state index contributed by atoms with van der Waals surface area (Å²) in [6, 6.07) is 17.2. The number of benzene rings is 2. The zero-order valence-electron chi connectivity index (χ0n) is 13.3. The van der Waals surface area contributed by atoms with Crippen molar-refractivity contribution in [1.82, 2.24) is 5.32 Å². The van der Waals surface area contributed by atoms with E-state index in [1.807, 2.05) is 61.5 Å². The molecule has 0 aliphatic carbocycles. The fourth-order valence-corrected chi connectivity index (χ4v) is 2.65. The average molecular weight is 331 g/mol. The molecule has 0 aromatic heterocycles. The molecule has 0 saturated heterocycles. The van der Waals surface area contributed by atoms with Crippen LogP contribution in [0.3, 0.4) is 0 Å². The highest BCUT2D eigenvalue weighted by Gasteiger charge is 2.08. The van der Waals surface area contributed by atoms with Gasteiger partial charge in [0.05, 0.1) is 18.9 Å². The minimum atomic E-state index is -0.0547. The molecule has 1 N–H and O–H groups in total. The number of hydrogen-bond acceptors (Lipinski definition) is 4. The Labute approximate surface area is 141 Å². The fourth-order valence-electron chi connectivity index (χ4n) is 1.92. The lowest BCUT2D eigenvalue weighted by atomic mass is 10.3. The molecule has 0 saturated carbocycles. The summed E-state index contributed by atoms with van der Waals surface area (Å²) >= 11 is 1.52. The number of nitrogens with one attached hydrogen (secondary N) is 1. The van der Waals surface area contributed by atoms with Crippen LogP contribution >= 0.6 is 11.8 Å². The molecule has 0 spiro atoms. The Morgan fingerprint density at radius 2 is 1.74 bits per heavy atom. The Balaban J connectivity index is 1.69. The minimum Gasteiger partial charge on any atom is -0.497 e. The van der Waals surface area contributed by atoms with E-state index < -0.39 is 0 Å². The highest BCUT2D eigenvalue weighted by atomic mass is 32.2. The third-order valence-corrected chi connectivity index (χ3v) is 4.09. The van der Waals surface area contributed by atoms with E-state index in [1.54, 1.807) is 7.11 Å². The molecule has 1 atom stereocenters. The normalized spacial score (nSPS) is 11.6. The molecule has 2 aromatic carbocycles. The first-order chi connectivity index (χ1) is 11.2. The summed E-state index contributed by atoms with van der Waals surface area (Å²) in [5.74, 6) is 1.95. The fraction of sp³-hybridized carbons (Fsp3) is 0.278.